The van der Waals surface area contributed by atoms with E-state index in [4.69, 9.17) is 0 Å². The molecule has 0 bridgehead atoms. The van der Waals surface area contributed by atoms with Crippen molar-refractivity contribution < 1.29 is 0 Å². The maximum Gasteiger partial charge on any atom is 0.223 e. The molecule has 1 N–H and O–H groups in total. The normalized spacial score (nSPS) is 22.1. The van der Waals surface area contributed by atoms with Gasteiger partial charge in [0.05, 0.1) is 0 Å². The summed E-state index contributed by atoms with van der Waals surface area (Å²) in [6.07, 6.45) is 2.54. The second-order valence-electron chi connectivity index (χ2n) is 4.40. The third-order valence-electron chi connectivity index (χ3n) is 3.10. The lowest BCUT2D eigenvalue weighted by molar-refractivity contribution is 0.568. The van der Waals surface area contributed by atoms with Crippen molar-refractivity contribution in [1.29, 1.82) is 0 Å². The van der Waals surface area contributed by atoms with E-state index in [2.05, 4.69) is 20.3 Å². The summed E-state index contributed by atoms with van der Waals surface area (Å²) >= 11 is 0. The second kappa shape index (κ2) is 3.48. The van der Waals surface area contributed by atoms with Crippen LogP contribution in [0.25, 0.3) is 0 Å². The number of nitrogens with one attached hydrogen (secondary N) is 1. The molecular weight excluding hydrogens is 190 g/mol. The fourth-order valence-corrected chi connectivity index (χ4v) is 2.05. The maximum atomic E-state index is 4.65. The van der Waals surface area contributed by atoms with Gasteiger partial charge in [-0.15, -0.1) is 0 Å². The monoisotopic (exact) mass is 207 g/mol. The van der Waals surface area contributed by atoms with Crippen LogP contribution in [0.5, 0.6) is 0 Å². The number of nitrogens with zero attached hydrogens (tertiary/aromatic N) is 4. The van der Waals surface area contributed by atoms with Crippen molar-refractivity contribution in [2.45, 2.75) is 18.8 Å². The third kappa shape index (κ3) is 1.71. The van der Waals surface area contributed by atoms with Crippen molar-refractivity contribution in [3.63, 3.8) is 0 Å². The van der Waals surface area contributed by atoms with Gasteiger partial charge in [-0.2, -0.15) is 10.1 Å². The predicted octanol–water partition coefficient (Wildman–Crippen LogP) is 0.102. The first-order valence-corrected chi connectivity index (χ1v) is 5.71. The molecule has 1 saturated heterocycles. The maximum absolute atomic E-state index is 4.65. The summed E-state index contributed by atoms with van der Waals surface area (Å²) in [7, 11) is 2.00. The van der Waals surface area contributed by atoms with E-state index in [1.54, 1.807) is 0 Å². The Morgan fingerprint density at radius 1 is 1.27 bits per heavy atom. The first-order chi connectivity index (χ1) is 7.34. The summed E-state index contributed by atoms with van der Waals surface area (Å²) in [4.78, 5) is 6.96. The highest BCUT2D eigenvalue weighted by Gasteiger charge is 2.29. The zero-order valence-corrected chi connectivity index (χ0v) is 9.11. The molecule has 0 amide bonds. The minimum Gasteiger partial charge on any atom is -0.338 e. The fourth-order valence-electron chi connectivity index (χ4n) is 2.05. The lowest BCUT2D eigenvalue weighted by atomic mass is 10.4. The average molecular weight is 207 g/mol. The fraction of sp³-hybridized carbons (Fsp3) is 0.800. The van der Waals surface area contributed by atoms with Gasteiger partial charge in [0.15, 0.2) is 5.82 Å². The van der Waals surface area contributed by atoms with Crippen LogP contribution in [0.1, 0.15) is 24.6 Å². The Morgan fingerprint density at radius 2 is 2.00 bits per heavy atom. The molecule has 15 heavy (non-hydrogen) atoms. The second-order valence-corrected chi connectivity index (χ2v) is 4.40. The summed E-state index contributed by atoms with van der Waals surface area (Å²) in [5.74, 6) is 2.73. The number of rotatable bonds is 2. The lowest BCUT2D eigenvalue weighted by Crippen LogP contribution is -2.44. The molecule has 1 aromatic rings. The van der Waals surface area contributed by atoms with Crippen molar-refractivity contribution in [3.05, 3.63) is 5.82 Å². The summed E-state index contributed by atoms with van der Waals surface area (Å²) in [6, 6.07) is 0. The number of aromatic nitrogens is 3. The predicted molar refractivity (Wildman–Crippen MR) is 58.1 cm³/mol. The van der Waals surface area contributed by atoms with Crippen LogP contribution in [0.2, 0.25) is 0 Å². The molecular formula is C10H17N5. The molecule has 0 radical (unpaired) electrons. The molecule has 5 nitrogen and oxygen atoms in total. The molecule has 2 heterocycles. The van der Waals surface area contributed by atoms with E-state index >= 15 is 0 Å². The van der Waals surface area contributed by atoms with E-state index < -0.39 is 0 Å². The van der Waals surface area contributed by atoms with Crippen molar-refractivity contribution in [2.24, 2.45) is 7.05 Å². The Hall–Kier alpha value is -1.10. The first kappa shape index (κ1) is 9.15. The Labute approximate surface area is 89.5 Å². The van der Waals surface area contributed by atoms with Gasteiger partial charge in [-0.05, 0) is 12.8 Å². The minimum atomic E-state index is 0.646. The van der Waals surface area contributed by atoms with E-state index in [1.165, 1.54) is 12.8 Å². The zero-order chi connectivity index (χ0) is 10.3. The molecule has 0 unspecified atom stereocenters. The van der Waals surface area contributed by atoms with Crippen LogP contribution in [0.3, 0.4) is 0 Å². The van der Waals surface area contributed by atoms with Crippen LogP contribution in [0.4, 0.5) is 5.95 Å². The van der Waals surface area contributed by atoms with Gasteiger partial charge in [-0.3, -0.25) is 0 Å². The topological polar surface area (TPSA) is 46.0 Å². The van der Waals surface area contributed by atoms with Gasteiger partial charge in [0, 0.05) is 39.1 Å². The smallest absolute Gasteiger partial charge is 0.223 e. The molecule has 5 heteroatoms. The van der Waals surface area contributed by atoms with Crippen molar-refractivity contribution in [2.75, 3.05) is 31.1 Å². The van der Waals surface area contributed by atoms with Gasteiger partial charge in [0.25, 0.3) is 0 Å². The first-order valence-electron chi connectivity index (χ1n) is 5.71. The van der Waals surface area contributed by atoms with E-state index in [0.717, 1.165) is 38.0 Å². The van der Waals surface area contributed by atoms with Gasteiger partial charge in [0.2, 0.25) is 5.95 Å². The Kier molecular flexibility index (Phi) is 2.12. The third-order valence-corrected chi connectivity index (χ3v) is 3.10. The van der Waals surface area contributed by atoms with Crippen molar-refractivity contribution in [3.8, 4) is 0 Å². The van der Waals surface area contributed by atoms with E-state index in [9.17, 15) is 0 Å². The van der Waals surface area contributed by atoms with Crippen LogP contribution in [-0.4, -0.2) is 40.9 Å². The Balaban J connectivity index is 1.82. The van der Waals surface area contributed by atoms with E-state index in [0.29, 0.717) is 5.92 Å². The van der Waals surface area contributed by atoms with Gasteiger partial charge < -0.3 is 10.2 Å². The summed E-state index contributed by atoms with van der Waals surface area (Å²) < 4.78 is 1.93. The summed E-state index contributed by atoms with van der Waals surface area (Å²) in [6.45, 7) is 4.17. The van der Waals surface area contributed by atoms with Crippen molar-refractivity contribution >= 4 is 5.95 Å². The standard InChI is InChI=1S/C10H17N5/c1-14-10(15-6-4-11-5-7-15)12-9(13-14)8-2-3-8/h8,11H,2-7H2,1H3. The number of anilines is 1. The molecule has 1 aliphatic heterocycles. The van der Waals surface area contributed by atoms with Gasteiger partial charge in [-0.1, -0.05) is 0 Å². The zero-order valence-electron chi connectivity index (χ0n) is 9.11. The van der Waals surface area contributed by atoms with Crippen LogP contribution in [0.15, 0.2) is 0 Å². The van der Waals surface area contributed by atoms with Crippen LogP contribution in [0, 0.1) is 0 Å². The highest BCUT2D eigenvalue weighted by atomic mass is 15.4. The molecule has 82 valence electrons. The SMILES string of the molecule is Cn1nc(C2CC2)nc1N1CCNCC1. The Bertz CT molecular complexity index is 349. The molecule has 1 aromatic heterocycles. The molecule has 2 fully saturated rings. The van der Waals surface area contributed by atoms with Gasteiger partial charge in [0.1, 0.15) is 0 Å². The lowest BCUT2D eigenvalue weighted by Gasteiger charge is -2.27. The number of piperazine rings is 1. The van der Waals surface area contributed by atoms with Crippen LogP contribution >= 0.6 is 0 Å². The minimum absolute atomic E-state index is 0.646. The van der Waals surface area contributed by atoms with Crippen LogP contribution < -0.4 is 10.2 Å². The number of hydrogen-bond acceptors (Lipinski definition) is 4. The molecule has 3 rings (SSSR count). The molecule has 0 atom stereocenters. The highest BCUT2D eigenvalue weighted by Crippen LogP contribution is 2.38. The van der Waals surface area contributed by atoms with Gasteiger partial charge in [-0.25, -0.2) is 4.68 Å². The van der Waals surface area contributed by atoms with Crippen LogP contribution in [-0.2, 0) is 7.05 Å². The number of hydrogen-bond donors (Lipinski definition) is 1. The van der Waals surface area contributed by atoms with Crippen molar-refractivity contribution in [1.82, 2.24) is 20.1 Å². The molecule has 0 aromatic carbocycles. The molecule has 1 aliphatic carbocycles. The van der Waals surface area contributed by atoms with E-state index in [1.807, 2.05) is 11.7 Å². The van der Waals surface area contributed by atoms with E-state index in [-0.39, 0.29) is 0 Å². The number of aryl methyl sites for hydroxylation is 1. The average Bonchev–Trinajstić information content (AvgIpc) is 3.04. The summed E-state index contributed by atoms with van der Waals surface area (Å²) in [5, 5.41) is 7.84. The molecule has 1 saturated carbocycles. The quantitative estimate of drug-likeness (QED) is 0.747. The van der Waals surface area contributed by atoms with Gasteiger partial charge >= 0.3 is 0 Å². The molecule has 0 spiro atoms. The molecule has 2 aliphatic rings. The Morgan fingerprint density at radius 3 is 2.67 bits per heavy atom. The largest absolute Gasteiger partial charge is 0.338 e. The summed E-state index contributed by atoms with van der Waals surface area (Å²) in [5.41, 5.74) is 0. The highest BCUT2D eigenvalue weighted by molar-refractivity contribution is 5.32.